The lowest BCUT2D eigenvalue weighted by atomic mass is 9.85. The Hall–Kier alpha value is -5.52. The van der Waals surface area contributed by atoms with Gasteiger partial charge in [0.2, 0.25) is 0 Å². The third kappa shape index (κ3) is 10.3. The minimum absolute atomic E-state index is 0.236. The number of nitrogens with zero attached hydrogens (tertiary/aromatic N) is 1. The van der Waals surface area contributed by atoms with Crippen molar-refractivity contribution in [3.05, 3.63) is 132 Å². The highest BCUT2D eigenvalue weighted by atomic mass is 16.8. The maximum absolute atomic E-state index is 14.4. The molecule has 5 rings (SSSR count). The molecule has 0 bridgehead atoms. The maximum Gasteiger partial charge on any atom is 0.379 e. The first-order valence-electron chi connectivity index (χ1n) is 17.5. The minimum Gasteiger partial charge on any atom is -0.477 e. The van der Waals surface area contributed by atoms with Gasteiger partial charge in [0, 0.05) is 12.0 Å². The van der Waals surface area contributed by atoms with E-state index in [0.29, 0.717) is 29.9 Å². The van der Waals surface area contributed by atoms with E-state index in [9.17, 15) is 24.3 Å². The van der Waals surface area contributed by atoms with E-state index in [2.05, 4.69) is 0 Å². The van der Waals surface area contributed by atoms with Crippen LogP contribution in [0.5, 0.6) is 11.5 Å². The summed E-state index contributed by atoms with van der Waals surface area (Å²) in [6, 6.07) is 34.9. The number of esters is 2. The van der Waals surface area contributed by atoms with E-state index < -0.39 is 60.5 Å². The van der Waals surface area contributed by atoms with Crippen molar-refractivity contribution in [1.82, 2.24) is 4.90 Å². The molecule has 53 heavy (non-hydrogen) atoms. The number of carboxylic acids is 1. The Morgan fingerprint density at radius 1 is 0.830 bits per heavy atom. The molecule has 278 valence electrons. The zero-order chi connectivity index (χ0) is 38.0. The average Bonchev–Trinajstić information content (AvgIpc) is 3.61. The number of para-hydroxylation sites is 1. The second-order valence-electron chi connectivity index (χ2n) is 13.8. The Balaban J connectivity index is 1.42. The van der Waals surface area contributed by atoms with Crippen LogP contribution >= 0.6 is 0 Å². The molecule has 1 amide bonds. The molecule has 0 aliphatic carbocycles. The SMILES string of the molecule is C[C@H]([C@H](CCc1ccccc1)c1ccc(Oc2ccccc2)cc1)N(CC(=O)OC(C)(C)C)C(=O)[C@@H]1CO[C@](C(=O)O)(C(=O)OCc2ccccc2)O1. The quantitative estimate of drug-likeness (QED) is 0.104. The third-order valence-corrected chi connectivity index (χ3v) is 8.74. The van der Waals surface area contributed by atoms with Crippen LogP contribution in [0.4, 0.5) is 0 Å². The van der Waals surface area contributed by atoms with Crippen LogP contribution in [0.1, 0.15) is 56.7 Å². The second-order valence-corrected chi connectivity index (χ2v) is 13.8. The summed E-state index contributed by atoms with van der Waals surface area (Å²) in [5.41, 5.74) is 1.74. The molecule has 1 fully saturated rings. The van der Waals surface area contributed by atoms with Gasteiger partial charge >= 0.3 is 23.7 Å². The molecule has 0 unspecified atom stereocenters. The summed E-state index contributed by atoms with van der Waals surface area (Å²) in [4.78, 5) is 54.7. The lowest BCUT2D eigenvalue weighted by molar-refractivity contribution is -0.222. The van der Waals surface area contributed by atoms with Crippen molar-refractivity contribution in [2.24, 2.45) is 0 Å². The first kappa shape index (κ1) is 38.7. The van der Waals surface area contributed by atoms with E-state index in [4.69, 9.17) is 23.7 Å². The summed E-state index contributed by atoms with van der Waals surface area (Å²) in [7, 11) is 0. The number of hydrogen-bond donors (Lipinski definition) is 1. The lowest BCUT2D eigenvalue weighted by Gasteiger charge is -2.36. The summed E-state index contributed by atoms with van der Waals surface area (Å²) in [6.45, 7) is 5.71. The van der Waals surface area contributed by atoms with E-state index in [1.165, 1.54) is 4.90 Å². The monoisotopic (exact) mass is 723 g/mol. The highest BCUT2D eigenvalue weighted by molar-refractivity contribution is 6.02. The highest BCUT2D eigenvalue weighted by Crippen LogP contribution is 2.34. The van der Waals surface area contributed by atoms with E-state index in [-0.39, 0.29) is 12.5 Å². The molecule has 1 aliphatic heterocycles. The zero-order valence-electron chi connectivity index (χ0n) is 30.3. The van der Waals surface area contributed by atoms with Gasteiger partial charge in [-0.15, -0.1) is 0 Å². The molecule has 1 aliphatic rings. The molecule has 1 saturated heterocycles. The summed E-state index contributed by atoms with van der Waals surface area (Å²) in [5.74, 6) is -6.38. The van der Waals surface area contributed by atoms with Gasteiger partial charge in [0.15, 0.2) is 6.10 Å². The predicted octanol–water partition coefficient (Wildman–Crippen LogP) is 6.69. The van der Waals surface area contributed by atoms with Gasteiger partial charge in [-0.3, -0.25) is 9.59 Å². The van der Waals surface area contributed by atoms with Gasteiger partial charge in [0.25, 0.3) is 5.91 Å². The smallest absolute Gasteiger partial charge is 0.379 e. The standard InChI is InChI=1S/C42H45NO10/c1-29(35(25-20-30-14-8-5-9-15-30)32-21-23-34(24-22-32)51-33-18-12-7-13-19-33)43(26-37(44)53-41(2,3)4)38(45)36-28-50-42(52-36,39(46)47)40(48)49-27-31-16-10-6-11-17-31/h5-19,21-24,29,35-36H,20,25-28H2,1-4H3,(H,46,47)/t29-,35+,36+,42+/m1/s1. The van der Waals surface area contributed by atoms with Crippen LogP contribution in [-0.4, -0.2) is 70.5 Å². The number of hydrogen-bond acceptors (Lipinski definition) is 9. The average molecular weight is 724 g/mol. The van der Waals surface area contributed by atoms with Crippen LogP contribution in [0.25, 0.3) is 0 Å². The normalized spacial score (nSPS) is 18.0. The van der Waals surface area contributed by atoms with Crippen LogP contribution in [0, 0.1) is 0 Å². The predicted molar refractivity (Wildman–Crippen MR) is 195 cm³/mol. The number of carboxylic acid groups (broad SMARTS) is 1. The fourth-order valence-corrected chi connectivity index (χ4v) is 6.11. The Morgan fingerprint density at radius 3 is 1.98 bits per heavy atom. The van der Waals surface area contributed by atoms with Crippen molar-refractivity contribution in [1.29, 1.82) is 0 Å². The van der Waals surface area contributed by atoms with E-state index >= 15 is 0 Å². The molecular formula is C42H45NO10. The largest absolute Gasteiger partial charge is 0.477 e. The van der Waals surface area contributed by atoms with Gasteiger partial charge in [-0.25, -0.2) is 9.59 Å². The number of aryl methyl sites for hydroxylation is 1. The summed E-state index contributed by atoms with van der Waals surface area (Å²) in [5, 5.41) is 10.1. The maximum atomic E-state index is 14.4. The number of carbonyl (C=O) groups excluding carboxylic acids is 3. The van der Waals surface area contributed by atoms with Crippen molar-refractivity contribution >= 4 is 23.8 Å². The van der Waals surface area contributed by atoms with Gasteiger partial charge in [-0.05, 0) is 81.5 Å². The Kier molecular flexibility index (Phi) is 12.7. The van der Waals surface area contributed by atoms with Gasteiger partial charge in [0.1, 0.15) is 30.3 Å². The molecule has 11 nitrogen and oxygen atoms in total. The van der Waals surface area contributed by atoms with Crippen LogP contribution in [0.3, 0.4) is 0 Å². The minimum atomic E-state index is -2.88. The molecule has 0 radical (unpaired) electrons. The van der Waals surface area contributed by atoms with Crippen molar-refractivity contribution in [2.45, 2.75) is 76.6 Å². The third-order valence-electron chi connectivity index (χ3n) is 8.74. The van der Waals surface area contributed by atoms with Gasteiger partial charge in [-0.1, -0.05) is 91.0 Å². The molecule has 0 saturated carbocycles. The first-order chi connectivity index (χ1) is 25.3. The van der Waals surface area contributed by atoms with Gasteiger partial charge < -0.3 is 33.7 Å². The van der Waals surface area contributed by atoms with Crippen LogP contribution in [0.2, 0.25) is 0 Å². The molecule has 4 atom stereocenters. The molecule has 4 aromatic carbocycles. The number of rotatable bonds is 15. The molecule has 0 spiro atoms. The zero-order valence-corrected chi connectivity index (χ0v) is 30.3. The Labute approximate surface area is 309 Å². The van der Waals surface area contributed by atoms with Gasteiger partial charge in [0.05, 0.1) is 6.61 Å². The summed E-state index contributed by atoms with van der Waals surface area (Å²) >= 11 is 0. The highest BCUT2D eigenvalue weighted by Gasteiger charge is 2.59. The number of aliphatic carboxylic acids is 1. The van der Waals surface area contributed by atoms with Crippen LogP contribution in [-0.2, 0) is 51.2 Å². The fourth-order valence-electron chi connectivity index (χ4n) is 6.11. The van der Waals surface area contributed by atoms with Crippen molar-refractivity contribution in [3.8, 4) is 11.5 Å². The number of ether oxygens (including phenoxy) is 5. The Bertz CT molecular complexity index is 1830. The van der Waals surface area contributed by atoms with E-state index in [1.54, 1.807) is 51.1 Å². The van der Waals surface area contributed by atoms with E-state index in [0.717, 1.165) is 11.1 Å². The van der Waals surface area contributed by atoms with Crippen molar-refractivity contribution < 1.29 is 48.0 Å². The molecule has 11 heteroatoms. The summed E-state index contributed by atoms with van der Waals surface area (Å²) < 4.78 is 28.0. The first-order valence-corrected chi connectivity index (χ1v) is 17.5. The van der Waals surface area contributed by atoms with Crippen LogP contribution < -0.4 is 4.74 Å². The Morgan fingerprint density at radius 2 is 1.40 bits per heavy atom. The molecule has 1 N–H and O–H groups in total. The molecule has 0 aromatic heterocycles. The number of benzene rings is 4. The number of amides is 1. The fraction of sp³-hybridized carbons (Fsp3) is 0.333. The topological polar surface area (TPSA) is 138 Å². The summed E-state index contributed by atoms with van der Waals surface area (Å²) in [6.07, 6.45) is -0.309. The second kappa shape index (κ2) is 17.3. The molecule has 1 heterocycles. The van der Waals surface area contributed by atoms with Crippen molar-refractivity contribution in [3.63, 3.8) is 0 Å². The van der Waals surface area contributed by atoms with Gasteiger partial charge in [-0.2, -0.15) is 0 Å². The van der Waals surface area contributed by atoms with E-state index in [1.807, 2.05) is 91.9 Å². The van der Waals surface area contributed by atoms with Crippen molar-refractivity contribution in [2.75, 3.05) is 13.2 Å². The van der Waals surface area contributed by atoms with Crippen LogP contribution in [0.15, 0.2) is 115 Å². The molecule has 4 aromatic rings. The molecular weight excluding hydrogens is 678 g/mol. The lowest BCUT2D eigenvalue weighted by Crippen LogP contribution is -2.53. The number of carbonyl (C=O) groups is 4.